The predicted molar refractivity (Wildman–Crippen MR) is 68.3 cm³/mol. The zero-order valence-electron chi connectivity index (χ0n) is 12.5. The van der Waals surface area contributed by atoms with Crippen LogP contribution >= 0.6 is 0 Å². The Balaban J connectivity index is 2.84. The van der Waals surface area contributed by atoms with Crippen molar-refractivity contribution in [1.29, 1.82) is 0 Å². The molecule has 1 aliphatic heterocycles. The average molecular weight is 304 g/mol. The average Bonchev–Trinajstić information content (AvgIpc) is 2.36. The number of carbonyl (C=O) groups excluding carboxylic acids is 3. The Morgan fingerprint density at radius 2 is 1.62 bits per heavy atom. The van der Waals surface area contributed by atoms with Gasteiger partial charge in [0, 0.05) is 27.9 Å². The van der Waals surface area contributed by atoms with Crippen LogP contribution in [0.25, 0.3) is 0 Å². The van der Waals surface area contributed by atoms with Crippen LogP contribution < -0.4 is 0 Å². The molecule has 1 heterocycles. The van der Waals surface area contributed by atoms with Gasteiger partial charge in [0.15, 0.2) is 12.2 Å². The molecule has 1 saturated heterocycles. The molecule has 0 amide bonds. The van der Waals surface area contributed by atoms with Crippen molar-refractivity contribution in [2.45, 2.75) is 45.2 Å². The van der Waals surface area contributed by atoms with E-state index in [1.165, 1.54) is 27.9 Å². The second-order valence-electron chi connectivity index (χ2n) is 4.60. The van der Waals surface area contributed by atoms with Gasteiger partial charge >= 0.3 is 17.9 Å². The maximum Gasteiger partial charge on any atom is 0.303 e. The minimum Gasteiger partial charge on any atom is -0.463 e. The van der Waals surface area contributed by atoms with Gasteiger partial charge in [-0.3, -0.25) is 14.4 Å². The fourth-order valence-corrected chi connectivity index (χ4v) is 2.11. The molecule has 8 nitrogen and oxygen atoms in total. The summed E-state index contributed by atoms with van der Waals surface area (Å²) >= 11 is 0. The minimum atomic E-state index is -0.843. The number of hydrogen-bond acceptors (Lipinski definition) is 8. The number of carbonyl (C=O) groups is 3. The van der Waals surface area contributed by atoms with Gasteiger partial charge in [0.2, 0.25) is 0 Å². The van der Waals surface area contributed by atoms with Crippen molar-refractivity contribution in [2.75, 3.05) is 20.3 Å². The summed E-state index contributed by atoms with van der Waals surface area (Å²) in [5, 5.41) is 0. The first-order chi connectivity index (χ1) is 9.85. The van der Waals surface area contributed by atoms with Crippen LogP contribution in [-0.2, 0) is 38.1 Å². The maximum atomic E-state index is 11.2. The lowest BCUT2D eigenvalue weighted by Gasteiger charge is -2.40. The molecule has 1 aliphatic rings. The molecular formula is C13H20O8. The fraction of sp³-hybridized carbons (Fsp3) is 0.769. The van der Waals surface area contributed by atoms with Gasteiger partial charge in [-0.05, 0) is 0 Å². The highest BCUT2D eigenvalue weighted by atomic mass is 16.6. The predicted octanol–water partition coefficient (Wildman–Crippen LogP) is -0.173. The molecule has 1 rings (SSSR count). The van der Waals surface area contributed by atoms with Crippen LogP contribution in [-0.4, -0.2) is 62.6 Å². The van der Waals surface area contributed by atoms with E-state index in [1.54, 1.807) is 0 Å². The van der Waals surface area contributed by atoms with Crippen molar-refractivity contribution in [3.05, 3.63) is 0 Å². The number of esters is 3. The highest BCUT2D eigenvalue weighted by molar-refractivity contribution is 5.67. The maximum absolute atomic E-state index is 11.2. The topological polar surface area (TPSA) is 97.4 Å². The SMILES string of the molecule is CO[C@H]1[C@H](OC(C)=O)[C@H](COC(C)=O)OC[C@H]1OC(C)=O. The monoisotopic (exact) mass is 304 g/mol. The first-order valence-electron chi connectivity index (χ1n) is 6.47. The summed E-state index contributed by atoms with van der Waals surface area (Å²) in [5.74, 6) is -1.51. The summed E-state index contributed by atoms with van der Waals surface area (Å²) in [6, 6.07) is 0. The second-order valence-corrected chi connectivity index (χ2v) is 4.60. The van der Waals surface area contributed by atoms with Crippen LogP contribution in [0.5, 0.6) is 0 Å². The molecule has 21 heavy (non-hydrogen) atoms. The third-order valence-electron chi connectivity index (χ3n) is 2.87. The second kappa shape index (κ2) is 7.94. The van der Waals surface area contributed by atoms with E-state index in [0.717, 1.165) is 0 Å². The highest BCUT2D eigenvalue weighted by Gasteiger charge is 2.45. The van der Waals surface area contributed by atoms with Crippen molar-refractivity contribution in [1.82, 2.24) is 0 Å². The first kappa shape index (κ1) is 17.4. The van der Waals surface area contributed by atoms with Crippen molar-refractivity contribution in [3.63, 3.8) is 0 Å². The zero-order valence-corrected chi connectivity index (χ0v) is 12.5. The molecule has 0 radical (unpaired) electrons. The molecule has 8 heteroatoms. The van der Waals surface area contributed by atoms with Gasteiger partial charge < -0.3 is 23.7 Å². The standard InChI is InChI=1S/C13H20O8/c1-7(14)18-5-10-13(21-9(3)16)12(17-4)11(6-19-10)20-8(2)15/h10-13H,5-6H2,1-4H3/t10-,11+,12+,13+/m0/s1. The lowest BCUT2D eigenvalue weighted by atomic mass is 9.99. The fourth-order valence-electron chi connectivity index (χ4n) is 2.11. The molecule has 0 aliphatic carbocycles. The van der Waals surface area contributed by atoms with Crippen LogP contribution in [0.15, 0.2) is 0 Å². The molecule has 0 spiro atoms. The number of hydrogen-bond donors (Lipinski definition) is 0. The van der Waals surface area contributed by atoms with E-state index < -0.39 is 42.3 Å². The Labute approximate surface area is 122 Å². The summed E-state index contributed by atoms with van der Waals surface area (Å²) in [7, 11) is 1.41. The lowest BCUT2D eigenvalue weighted by Crippen LogP contribution is -2.57. The van der Waals surface area contributed by atoms with E-state index in [2.05, 4.69) is 0 Å². The molecule has 0 aromatic rings. The summed E-state index contributed by atoms with van der Waals surface area (Å²) < 4.78 is 25.9. The quantitative estimate of drug-likeness (QED) is 0.510. The summed E-state index contributed by atoms with van der Waals surface area (Å²) in [5.41, 5.74) is 0. The molecule has 0 saturated carbocycles. The number of methoxy groups -OCH3 is 1. The molecule has 4 atom stereocenters. The third-order valence-corrected chi connectivity index (χ3v) is 2.87. The van der Waals surface area contributed by atoms with Gasteiger partial charge in [0.1, 0.15) is 18.8 Å². The van der Waals surface area contributed by atoms with Crippen molar-refractivity contribution in [2.24, 2.45) is 0 Å². The Hall–Kier alpha value is -1.67. The van der Waals surface area contributed by atoms with E-state index in [9.17, 15) is 14.4 Å². The van der Waals surface area contributed by atoms with Crippen LogP contribution in [0.4, 0.5) is 0 Å². The third kappa shape index (κ3) is 5.31. The van der Waals surface area contributed by atoms with E-state index in [1.807, 2.05) is 0 Å². The molecule has 120 valence electrons. The van der Waals surface area contributed by atoms with Gasteiger partial charge in [-0.25, -0.2) is 0 Å². The molecule has 0 aromatic carbocycles. The molecule has 0 aromatic heterocycles. The number of ether oxygens (including phenoxy) is 5. The Morgan fingerprint density at radius 1 is 1.00 bits per heavy atom. The van der Waals surface area contributed by atoms with E-state index >= 15 is 0 Å². The van der Waals surface area contributed by atoms with Gasteiger partial charge in [-0.15, -0.1) is 0 Å². The largest absolute Gasteiger partial charge is 0.463 e. The van der Waals surface area contributed by atoms with Crippen LogP contribution in [0.1, 0.15) is 20.8 Å². The van der Waals surface area contributed by atoms with Crippen molar-refractivity contribution >= 4 is 17.9 Å². The lowest BCUT2D eigenvalue weighted by molar-refractivity contribution is -0.227. The van der Waals surface area contributed by atoms with Crippen LogP contribution in [0.3, 0.4) is 0 Å². The summed E-state index contributed by atoms with van der Waals surface area (Å²) in [6.07, 6.45) is -2.93. The van der Waals surface area contributed by atoms with E-state index in [4.69, 9.17) is 23.7 Å². The molecule has 0 bridgehead atoms. The Kier molecular flexibility index (Phi) is 6.57. The summed E-state index contributed by atoms with van der Waals surface area (Å²) in [4.78, 5) is 33.2. The smallest absolute Gasteiger partial charge is 0.303 e. The van der Waals surface area contributed by atoms with Crippen molar-refractivity contribution < 1.29 is 38.1 Å². The number of rotatable bonds is 5. The molecule has 0 N–H and O–H groups in total. The van der Waals surface area contributed by atoms with Crippen molar-refractivity contribution in [3.8, 4) is 0 Å². The molecular weight excluding hydrogens is 284 g/mol. The highest BCUT2D eigenvalue weighted by Crippen LogP contribution is 2.24. The minimum absolute atomic E-state index is 0.0573. The summed E-state index contributed by atoms with van der Waals surface area (Å²) in [6.45, 7) is 3.74. The first-order valence-corrected chi connectivity index (χ1v) is 6.47. The van der Waals surface area contributed by atoms with Gasteiger partial charge in [0.05, 0.1) is 6.61 Å². The van der Waals surface area contributed by atoms with E-state index in [-0.39, 0.29) is 13.2 Å². The normalized spacial score (nSPS) is 28.6. The molecule has 0 unspecified atom stereocenters. The van der Waals surface area contributed by atoms with Gasteiger partial charge in [-0.1, -0.05) is 0 Å². The Morgan fingerprint density at radius 3 is 2.10 bits per heavy atom. The zero-order chi connectivity index (χ0) is 16.0. The van der Waals surface area contributed by atoms with E-state index in [0.29, 0.717) is 0 Å². The molecule has 1 fully saturated rings. The van der Waals surface area contributed by atoms with Crippen LogP contribution in [0, 0.1) is 0 Å². The van der Waals surface area contributed by atoms with Gasteiger partial charge in [0.25, 0.3) is 0 Å². The Bertz CT molecular complexity index is 394. The van der Waals surface area contributed by atoms with Crippen LogP contribution in [0.2, 0.25) is 0 Å². The van der Waals surface area contributed by atoms with Gasteiger partial charge in [-0.2, -0.15) is 0 Å².